The van der Waals surface area contributed by atoms with Crippen LogP contribution in [0.15, 0.2) is 42.5 Å². The van der Waals surface area contributed by atoms with Crippen molar-refractivity contribution < 1.29 is 19.0 Å². The highest BCUT2D eigenvalue weighted by atomic mass is 35.5. The quantitative estimate of drug-likeness (QED) is 0.548. The number of halogens is 1. The van der Waals surface area contributed by atoms with Crippen molar-refractivity contribution in [2.75, 3.05) is 44.5 Å². The van der Waals surface area contributed by atoms with E-state index in [9.17, 15) is 4.79 Å². The molecule has 0 bridgehead atoms. The molecule has 0 aliphatic carbocycles. The van der Waals surface area contributed by atoms with Gasteiger partial charge in [-0.2, -0.15) is 0 Å². The second-order valence-electron chi connectivity index (χ2n) is 8.37. The van der Waals surface area contributed by atoms with Gasteiger partial charge in [0.25, 0.3) is 5.91 Å². The fourth-order valence-corrected chi connectivity index (χ4v) is 4.22. The lowest BCUT2D eigenvalue weighted by atomic mass is 10.1. The van der Waals surface area contributed by atoms with E-state index in [1.807, 2.05) is 61.2 Å². The van der Waals surface area contributed by atoms with Crippen LogP contribution >= 0.6 is 11.6 Å². The molecular weight excluding hydrogens is 456 g/mol. The second kappa shape index (κ2) is 9.38. The molecule has 3 heterocycles. The first-order chi connectivity index (χ1) is 16.5. The van der Waals surface area contributed by atoms with Crippen LogP contribution in [0, 0.1) is 13.8 Å². The van der Waals surface area contributed by atoms with Gasteiger partial charge >= 0.3 is 0 Å². The van der Waals surface area contributed by atoms with E-state index in [0.717, 1.165) is 44.7 Å². The maximum absolute atomic E-state index is 12.6. The molecule has 8 nitrogen and oxygen atoms in total. The number of carbonyl (C=O) groups excluding carboxylic acids is 1. The molecule has 2 aliphatic rings. The maximum Gasteiger partial charge on any atom is 0.260 e. The highest BCUT2D eigenvalue weighted by Gasteiger charge is 2.23. The number of hydrogen-bond acceptors (Lipinski definition) is 7. The van der Waals surface area contributed by atoms with Crippen LogP contribution in [0.5, 0.6) is 17.2 Å². The monoisotopic (exact) mass is 480 g/mol. The number of fused-ring (bicyclic) bond motifs is 1. The summed E-state index contributed by atoms with van der Waals surface area (Å²) in [6.07, 6.45) is 0. The molecule has 0 N–H and O–H groups in total. The molecule has 2 aliphatic heterocycles. The van der Waals surface area contributed by atoms with Gasteiger partial charge in [-0.25, -0.2) is 0 Å². The molecule has 0 atom stereocenters. The standard InChI is InChI=1S/C25H25ClN4O4/c1-16-11-19(12-17(2)25(16)26)32-14-24(31)30-9-7-29(8-10-30)23-6-4-20(27-28-23)18-3-5-21-22(13-18)34-15-33-21/h3-6,11-13H,7-10,14-15H2,1-2H3. The molecule has 5 rings (SSSR count). The third-order valence-electron chi connectivity index (χ3n) is 6.05. The summed E-state index contributed by atoms with van der Waals surface area (Å²) in [6.45, 7) is 6.67. The summed E-state index contributed by atoms with van der Waals surface area (Å²) in [5.41, 5.74) is 3.55. The normalized spacial score (nSPS) is 14.9. The summed E-state index contributed by atoms with van der Waals surface area (Å²) in [7, 11) is 0. The minimum absolute atomic E-state index is 0.00451. The van der Waals surface area contributed by atoms with Gasteiger partial charge < -0.3 is 24.0 Å². The van der Waals surface area contributed by atoms with Crippen molar-refractivity contribution in [1.29, 1.82) is 0 Å². The number of carbonyl (C=O) groups is 1. The highest BCUT2D eigenvalue weighted by Crippen LogP contribution is 2.35. The fourth-order valence-electron chi connectivity index (χ4n) is 4.11. The van der Waals surface area contributed by atoms with Crippen molar-refractivity contribution >= 4 is 23.3 Å². The SMILES string of the molecule is Cc1cc(OCC(=O)N2CCN(c3ccc(-c4ccc5c(c4)OCO5)nn3)CC2)cc(C)c1Cl. The predicted octanol–water partition coefficient (Wildman–Crippen LogP) is 3.87. The molecule has 0 spiro atoms. The number of hydrogen-bond donors (Lipinski definition) is 0. The molecule has 1 saturated heterocycles. The zero-order valence-electron chi connectivity index (χ0n) is 19.1. The summed E-state index contributed by atoms with van der Waals surface area (Å²) in [5.74, 6) is 2.87. The van der Waals surface area contributed by atoms with Crippen LogP contribution in [0.25, 0.3) is 11.3 Å². The topological polar surface area (TPSA) is 77.0 Å². The van der Waals surface area contributed by atoms with Crippen molar-refractivity contribution in [1.82, 2.24) is 15.1 Å². The number of aryl methyl sites for hydroxylation is 2. The first kappa shape index (κ1) is 22.3. The molecule has 3 aromatic rings. The Morgan fingerprint density at radius 1 is 0.971 bits per heavy atom. The smallest absolute Gasteiger partial charge is 0.260 e. The van der Waals surface area contributed by atoms with Gasteiger partial charge in [0.2, 0.25) is 6.79 Å². The van der Waals surface area contributed by atoms with Gasteiger partial charge in [0.15, 0.2) is 23.9 Å². The van der Waals surface area contributed by atoms with Crippen LogP contribution in [0.3, 0.4) is 0 Å². The molecule has 1 amide bonds. The number of amides is 1. The zero-order chi connectivity index (χ0) is 23.7. The Morgan fingerprint density at radius 3 is 2.41 bits per heavy atom. The largest absolute Gasteiger partial charge is 0.484 e. The molecule has 0 unspecified atom stereocenters. The minimum Gasteiger partial charge on any atom is -0.484 e. The Morgan fingerprint density at radius 2 is 1.71 bits per heavy atom. The van der Waals surface area contributed by atoms with E-state index < -0.39 is 0 Å². The third kappa shape index (κ3) is 4.59. The number of rotatable bonds is 5. The summed E-state index contributed by atoms with van der Waals surface area (Å²) in [6, 6.07) is 13.3. The molecule has 0 radical (unpaired) electrons. The Balaban J connectivity index is 1.15. The van der Waals surface area contributed by atoms with Crippen molar-refractivity contribution in [3.63, 3.8) is 0 Å². The van der Waals surface area contributed by atoms with Crippen LogP contribution in [0.2, 0.25) is 5.02 Å². The van der Waals surface area contributed by atoms with Gasteiger partial charge in [0.05, 0.1) is 5.69 Å². The summed E-state index contributed by atoms with van der Waals surface area (Å²) >= 11 is 6.20. The van der Waals surface area contributed by atoms with Gasteiger partial charge in [-0.3, -0.25) is 4.79 Å². The van der Waals surface area contributed by atoms with Crippen molar-refractivity contribution in [2.24, 2.45) is 0 Å². The lowest BCUT2D eigenvalue weighted by molar-refractivity contribution is -0.133. The van der Waals surface area contributed by atoms with E-state index in [-0.39, 0.29) is 19.3 Å². The molecule has 2 aromatic carbocycles. The highest BCUT2D eigenvalue weighted by molar-refractivity contribution is 6.32. The molecule has 1 fully saturated rings. The van der Waals surface area contributed by atoms with Crippen LogP contribution in [-0.4, -0.2) is 60.6 Å². The number of nitrogens with zero attached hydrogens (tertiary/aromatic N) is 4. The Kier molecular flexibility index (Phi) is 6.15. The number of ether oxygens (including phenoxy) is 3. The lowest BCUT2D eigenvalue weighted by Crippen LogP contribution is -2.50. The lowest BCUT2D eigenvalue weighted by Gasteiger charge is -2.35. The first-order valence-corrected chi connectivity index (χ1v) is 11.5. The van der Waals surface area contributed by atoms with Gasteiger partial charge in [-0.1, -0.05) is 11.6 Å². The van der Waals surface area contributed by atoms with Crippen LogP contribution in [0.4, 0.5) is 5.82 Å². The van der Waals surface area contributed by atoms with Gasteiger partial charge in [0, 0.05) is 36.8 Å². The second-order valence-corrected chi connectivity index (χ2v) is 8.75. The van der Waals surface area contributed by atoms with E-state index in [4.69, 9.17) is 25.8 Å². The molecule has 0 saturated carbocycles. The first-order valence-electron chi connectivity index (χ1n) is 11.1. The zero-order valence-corrected chi connectivity index (χ0v) is 19.8. The number of aromatic nitrogens is 2. The molecule has 34 heavy (non-hydrogen) atoms. The average Bonchev–Trinajstić information content (AvgIpc) is 3.34. The summed E-state index contributed by atoms with van der Waals surface area (Å²) in [4.78, 5) is 16.6. The number of piperazine rings is 1. The minimum atomic E-state index is -0.0332. The van der Waals surface area contributed by atoms with Crippen LogP contribution in [0.1, 0.15) is 11.1 Å². The van der Waals surface area contributed by atoms with Crippen molar-refractivity contribution in [3.8, 4) is 28.5 Å². The average molecular weight is 481 g/mol. The number of benzene rings is 2. The van der Waals surface area contributed by atoms with Gasteiger partial charge in [-0.15, -0.1) is 10.2 Å². The predicted molar refractivity (Wildman–Crippen MR) is 129 cm³/mol. The molecule has 9 heteroatoms. The van der Waals surface area contributed by atoms with Crippen molar-refractivity contribution in [2.45, 2.75) is 13.8 Å². The van der Waals surface area contributed by atoms with E-state index in [1.54, 1.807) is 0 Å². The summed E-state index contributed by atoms with van der Waals surface area (Å²) in [5, 5.41) is 9.52. The number of anilines is 1. The van der Waals surface area contributed by atoms with E-state index in [2.05, 4.69) is 15.1 Å². The van der Waals surface area contributed by atoms with E-state index in [0.29, 0.717) is 31.9 Å². The third-order valence-corrected chi connectivity index (χ3v) is 6.64. The Labute approximate surface area is 203 Å². The molecular formula is C25H25ClN4O4. The molecule has 1 aromatic heterocycles. The van der Waals surface area contributed by atoms with E-state index >= 15 is 0 Å². The molecule has 176 valence electrons. The Bertz CT molecular complexity index is 1190. The van der Waals surface area contributed by atoms with E-state index in [1.165, 1.54) is 0 Å². The van der Waals surface area contributed by atoms with Crippen molar-refractivity contribution in [3.05, 3.63) is 58.6 Å². The van der Waals surface area contributed by atoms with Gasteiger partial charge in [0.1, 0.15) is 5.75 Å². The van der Waals surface area contributed by atoms with Gasteiger partial charge in [-0.05, 0) is 67.4 Å². The summed E-state index contributed by atoms with van der Waals surface area (Å²) < 4.78 is 16.5. The van der Waals surface area contributed by atoms with Crippen LogP contribution in [-0.2, 0) is 4.79 Å². The maximum atomic E-state index is 12.6. The van der Waals surface area contributed by atoms with Crippen LogP contribution < -0.4 is 19.1 Å². The Hall–Kier alpha value is -3.52. The fraction of sp³-hybridized carbons (Fsp3) is 0.320.